The van der Waals surface area contributed by atoms with Crippen molar-refractivity contribution in [3.05, 3.63) is 52.5 Å². The summed E-state index contributed by atoms with van der Waals surface area (Å²) in [5, 5.41) is 2.87. The van der Waals surface area contributed by atoms with Crippen molar-refractivity contribution < 1.29 is 13.2 Å². The molecule has 9 heteroatoms. The van der Waals surface area contributed by atoms with Crippen LogP contribution in [0, 0.1) is 0 Å². The average Bonchev–Trinajstić information content (AvgIpc) is 2.42. The molecule has 2 rings (SSSR count). The molecule has 0 aliphatic heterocycles. The Morgan fingerprint density at radius 1 is 1.09 bits per heavy atom. The number of amides is 2. The fourth-order valence-corrected chi connectivity index (χ4v) is 3.02. The molecular weight excluding hydrogens is 349 g/mol. The molecule has 0 aliphatic rings. The number of hydrogen-bond donors (Lipinski definition) is 3. The summed E-state index contributed by atoms with van der Waals surface area (Å²) in [7, 11) is -4.10. The second-order valence-electron chi connectivity index (χ2n) is 4.22. The van der Waals surface area contributed by atoms with E-state index in [2.05, 4.69) is 5.32 Å². The van der Waals surface area contributed by atoms with Crippen molar-refractivity contribution >= 4 is 50.6 Å². The minimum atomic E-state index is -4.10. The summed E-state index contributed by atoms with van der Waals surface area (Å²) in [6.07, 6.45) is 0. The zero-order valence-corrected chi connectivity index (χ0v) is 13.3. The highest BCUT2D eigenvalue weighted by Crippen LogP contribution is 2.25. The highest BCUT2D eigenvalue weighted by molar-refractivity contribution is 7.90. The van der Waals surface area contributed by atoms with E-state index in [9.17, 15) is 13.2 Å². The number of carbonyl (C=O) groups excluding carboxylic acids is 1. The maximum Gasteiger partial charge on any atom is 0.333 e. The van der Waals surface area contributed by atoms with Crippen LogP contribution in [-0.2, 0) is 10.0 Å². The van der Waals surface area contributed by atoms with Crippen LogP contribution >= 0.6 is 23.2 Å². The fraction of sp³-hybridized carbons (Fsp3) is 0. The van der Waals surface area contributed by atoms with Gasteiger partial charge in [-0.05, 0) is 30.3 Å². The first-order valence-corrected chi connectivity index (χ1v) is 8.17. The molecule has 0 aromatic heterocycles. The Labute approximate surface area is 137 Å². The SMILES string of the molecule is Nc1ccccc1S(=O)(=O)NC(=O)Nc1cc(Cl)ccc1Cl. The topological polar surface area (TPSA) is 101 Å². The molecule has 4 N–H and O–H groups in total. The van der Waals surface area contributed by atoms with Gasteiger partial charge < -0.3 is 11.1 Å². The van der Waals surface area contributed by atoms with Crippen LogP contribution in [0.25, 0.3) is 0 Å². The number of carbonyl (C=O) groups is 1. The molecule has 6 nitrogen and oxygen atoms in total. The lowest BCUT2D eigenvalue weighted by Gasteiger charge is -2.11. The van der Waals surface area contributed by atoms with Crippen molar-refractivity contribution in [3.8, 4) is 0 Å². The van der Waals surface area contributed by atoms with Crippen molar-refractivity contribution in [2.45, 2.75) is 4.90 Å². The second-order valence-corrected chi connectivity index (χ2v) is 6.72. The first-order valence-electron chi connectivity index (χ1n) is 5.93. The van der Waals surface area contributed by atoms with E-state index in [1.807, 2.05) is 4.72 Å². The quantitative estimate of drug-likeness (QED) is 0.732. The van der Waals surface area contributed by atoms with E-state index in [-0.39, 0.29) is 21.3 Å². The summed E-state index contributed by atoms with van der Waals surface area (Å²) >= 11 is 11.7. The second kappa shape index (κ2) is 6.43. The third kappa shape index (κ3) is 3.82. The Morgan fingerprint density at radius 2 is 1.77 bits per heavy atom. The van der Waals surface area contributed by atoms with E-state index in [4.69, 9.17) is 28.9 Å². The standard InChI is InChI=1S/C13H11Cl2N3O3S/c14-8-5-6-9(15)11(7-8)17-13(19)18-22(20,21)12-4-2-1-3-10(12)16/h1-7H,16H2,(H2,17,18,19). The van der Waals surface area contributed by atoms with Crippen molar-refractivity contribution in [2.75, 3.05) is 11.1 Å². The Bertz CT molecular complexity index is 825. The molecule has 0 spiro atoms. The molecule has 0 unspecified atom stereocenters. The van der Waals surface area contributed by atoms with Crippen LogP contribution in [0.4, 0.5) is 16.2 Å². The minimum Gasteiger partial charge on any atom is -0.398 e. The van der Waals surface area contributed by atoms with Gasteiger partial charge in [-0.25, -0.2) is 17.9 Å². The number of anilines is 2. The first kappa shape index (κ1) is 16.4. The summed E-state index contributed by atoms with van der Waals surface area (Å²) in [5.74, 6) is 0. The summed E-state index contributed by atoms with van der Waals surface area (Å²) in [5.41, 5.74) is 5.80. The van der Waals surface area contributed by atoms with E-state index in [1.165, 1.54) is 36.4 Å². The molecule has 0 saturated carbocycles. The molecule has 0 radical (unpaired) electrons. The van der Waals surface area contributed by atoms with Gasteiger partial charge in [0.05, 0.1) is 16.4 Å². The number of urea groups is 1. The highest BCUT2D eigenvalue weighted by atomic mass is 35.5. The number of halogens is 2. The van der Waals surface area contributed by atoms with Gasteiger partial charge in [0.2, 0.25) is 0 Å². The third-order valence-corrected chi connectivity index (χ3v) is 4.58. The number of rotatable bonds is 3. The van der Waals surface area contributed by atoms with E-state index in [0.29, 0.717) is 5.02 Å². The van der Waals surface area contributed by atoms with Crippen LogP contribution in [0.15, 0.2) is 47.4 Å². The van der Waals surface area contributed by atoms with Crippen LogP contribution in [0.1, 0.15) is 0 Å². The first-order chi connectivity index (χ1) is 10.3. The fourth-order valence-electron chi connectivity index (χ4n) is 1.64. The molecule has 0 saturated heterocycles. The maximum atomic E-state index is 12.1. The largest absolute Gasteiger partial charge is 0.398 e. The molecule has 2 aromatic carbocycles. The molecule has 2 aromatic rings. The van der Waals surface area contributed by atoms with Crippen molar-refractivity contribution in [3.63, 3.8) is 0 Å². The van der Waals surface area contributed by atoms with Gasteiger partial charge in [-0.15, -0.1) is 0 Å². The molecule has 0 bridgehead atoms. The average molecular weight is 360 g/mol. The number of sulfonamides is 1. The maximum absolute atomic E-state index is 12.1. The lowest BCUT2D eigenvalue weighted by atomic mass is 10.3. The van der Waals surface area contributed by atoms with Crippen LogP contribution in [0.2, 0.25) is 10.0 Å². The summed E-state index contributed by atoms with van der Waals surface area (Å²) < 4.78 is 26.0. The molecular formula is C13H11Cl2N3O3S. The third-order valence-electron chi connectivity index (χ3n) is 2.61. The number of nitrogens with two attached hydrogens (primary N) is 1. The number of hydrogen-bond acceptors (Lipinski definition) is 4. The van der Waals surface area contributed by atoms with E-state index in [0.717, 1.165) is 0 Å². The van der Waals surface area contributed by atoms with Gasteiger partial charge in [0, 0.05) is 5.02 Å². The normalized spacial score (nSPS) is 11.0. The molecule has 22 heavy (non-hydrogen) atoms. The predicted molar refractivity (Wildman–Crippen MR) is 86.7 cm³/mol. The van der Waals surface area contributed by atoms with Crippen molar-refractivity contribution in [1.29, 1.82) is 0 Å². The van der Waals surface area contributed by atoms with E-state index >= 15 is 0 Å². The monoisotopic (exact) mass is 359 g/mol. The van der Waals surface area contributed by atoms with Gasteiger partial charge >= 0.3 is 6.03 Å². The van der Waals surface area contributed by atoms with Crippen LogP contribution in [0.5, 0.6) is 0 Å². The van der Waals surface area contributed by atoms with Gasteiger partial charge in [0.15, 0.2) is 0 Å². The lowest BCUT2D eigenvalue weighted by Crippen LogP contribution is -2.34. The van der Waals surface area contributed by atoms with Gasteiger partial charge in [-0.3, -0.25) is 0 Å². The van der Waals surface area contributed by atoms with Gasteiger partial charge in [0.1, 0.15) is 4.90 Å². The zero-order valence-electron chi connectivity index (χ0n) is 11.0. The Hall–Kier alpha value is -1.96. The molecule has 0 fully saturated rings. The Balaban J connectivity index is 2.18. The van der Waals surface area contributed by atoms with E-state index in [1.54, 1.807) is 6.07 Å². The number of nitrogens with one attached hydrogen (secondary N) is 2. The van der Waals surface area contributed by atoms with Crippen LogP contribution in [-0.4, -0.2) is 14.4 Å². The van der Waals surface area contributed by atoms with Gasteiger partial charge in [-0.2, -0.15) is 0 Å². The summed E-state index contributed by atoms with van der Waals surface area (Å²) in [6, 6.07) is 9.21. The van der Waals surface area contributed by atoms with Crippen molar-refractivity contribution in [1.82, 2.24) is 4.72 Å². The smallest absolute Gasteiger partial charge is 0.333 e. The summed E-state index contributed by atoms with van der Waals surface area (Å²) in [4.78, 5) is 11.6. The lowest BCUT2D eigenvalue weighted by molar-refractivity contribution is 0.256. The highest BCUT2D eigenvalue weighted by Gasteiger charge is 2.20. The minimum absolute atomic E-state index is 0.0311. The molecule has 0 atom stereocenters. The van der Waals surface area contributed by atoms with E-state index < -0.39 is 16.1 Å². The Morgan fingerprint density at radius 3 is 2.45 bits per heavy atom. The van der Waals surface area contributed by atoms with Crippen LogP contribution < -0.4 is 15.8 Å². The summed E-state index contributed by atoms with van der Waals surface area (Å²) in [6.45, 7) is 0. The zero-order chi connectivity index (χ0) is 16.3. The molecule has 2 amide bonds. The number of benzene rings is 2. The van der Waals surface area contributed by atoms with Gasteiger partial charge in [0.25, 0.3) is 10.0 Å². The molecule has 116 valence electrons. The molecule has 0 heterocycles. The number of para-hydroxylation sites is 1. The molecule has 0 aliphatic carbocycles. The predicted octanol–water partition coefficient (Wildman–Crippen LogP) is 3.09. The van der Waals surface area contributed by atoms with Crippen molar-refractivity contribution in [2.24, 2.45) is 0 Å². The number of nitrogen functional groups attached to an aromatic ring is 1. The van der Waals surface area contributed by atoms with Gasteiger partial charge in [-0.1, -0.05) is 35.3 Å². The Kier molecular flexibility index (Phi) is 4.80. The van der Waals surface area contributed by atoms with Crippen LogP contribution in [0.3, 0.4) is 0 Å².